The summed E-state index contributed by atoms with van der Waals surface area (Å²) >= 11 is 5.99. The Kier molecular flexibility index (Phi) is 4.01. The molecule has 9 heteroatoms. The van der Waals surface area contributed by atoms with E-state index in [1.165, 1.54) is 23.1 Å². The lowest BCUT2D eigenvalue weighted by Gasteiger charge is -2.11. The second-order valence-electron chi connectivity index (χ2n) is 4.68. The number of benzene rings is 1. The van der Waals surface area contributed by atoms with Crippen LogP contribution >= 0.6 is 11.6 Å². The summed E-state index contributed by atoms with van der Waals surface area (Å²) in [5, 5.41) is 4.42. The van der Waals surface area contributed by atoms with E-state index in [0.29, 0.717) is 16.4 Å². The third-order valence-corrected chi connectivity index (χ3v) is 5.05. The molecule has 2 heterocycles. The Morgan fingerprint density at radius 1 is 1.22 bits per heavy atom. The monoisotopic (exact) mass is 349 g/mol. The molecule has 0 aliphatic heterocycles. The summed E-state index contributed by atoms with van der Waals surface area (Å²) in [4.78, 5) is 8.09. The van der Waals surface area contributed by atoms with E-state index in [-0.39, 0.29) is 10.7 Å². The first-order valence-electron chi connectivity index (χ1n) is 6.57. The highest BCUT2D eigenvalue weighted by molar-refractivity contribution is 7.92. The van der Waals surface area contributed by atoms with E-state index in [9.17, 15) is 8.42 Å². The highest BCUT2D eigenvalue weighted by atomic mass is 35.5. The summed E-state index contributed by atoms with van der Waals surface area (Å²) in [5.74, 6) is 0.593. The van der Waals surface area contributed by atoms with E-state index in [2.05, 4.69) is 19.8 Å². The van der Waals surface area contributed by atoms with Gasteiger partial charge in [-0.05, 0) is 30.7 Å². The Hall–Kier alpha value is -2.45. The van der Waals surface area contributed by atoms with Gasteiger partial charge in [0, 0.05) is 23.5 Å². The summed E-state index contributed by atoms with van der Waals surface area (Å²) in [6.45, 7) is 1.64. The van der Waals surface area contributed by atoms with Gasteiger partial charge in [0.1, 0.15) is 12.1 Å². The maximum Gasteiger partial charge on any atom is 0.263 e. The van der Waals surface area contributed by atoms with Crippen LogP contribution in [0.5, 0.6) is 0 Å². The lowest BCUT2D eigenvalue weighted by molar-refractivity contribution is 0.600. The van der Waals surface area contributed by atoms with Crippen molar-refractivity contribution in [3.63, 3.8) is 0 Å². The molecular weight excluding hydrogens is 338 g/mol. The van der Waals surface area contributed by atoms with Crippen LogP contribution in [0.2, 0.25) is 5.02 Å². The minimum absolute atomic E-state index is 0.101. The van der Waals surface area contributed by atoms with Gasteiger partial charge in [-0.25, -0.2) is 23.1 Å². The van der Waals surface area contributed by atoms with Crippen molar-refractivity contribution in [2.24, 2.45) is 0 Å². The fraction of sp³-hybridized carbons (Fsp3) is 0.0714. The lowest BCUT2D eigenvalue weighted by atomic mass is 10.2. The zero-order valence-corrected chi connectivity index (χ0v) is 13.6. The van der Waals surface area contributed by atoms with Gasteiger partial charge < -0.3 is 0 Å². The molecule has 1 N–H and O–H groups in total. The standard InChI is InChI=1S/C14H12ClN5O2S/c1-10-11(15)4-2-5-12(10)23(21,22)19-13-8-14(17-9-16-13)20-7-3-6-18-20/h2-9H,1H3,(H,16,17,19). The van der Waals surface area contributed by atoms with Crippen molar-refractivity contribution < 1.29 is 8.42 Å². The van der Waals surface area contributed by atoms with Crippen LogP contribution in [0.15, 0.2) is 53.9 Å². The molecule has 0 unspecified atom stereocenters. The molecule has 23 heavy (non-hydrogen) atoms. The Bertz CT molecular complexity index is 942. The molecule has 0 bridgehead atoms. The van der Waals surface area contributed by atoms with Crippen LogP contribution in [0, 0.1) is 6.92 Å². The lowest BCUT2D eigenvalue weighted by Crippen LogP contribution is -2.16. The Morgan fingerprint density at radius 3 is 2.78 bits per heavy atom. The Labute approximate surface area is 138 Å². The van der Waals surface area contributed by atoms with E-state index >= 15 is 0 Å². The molecule has 0 radical (unpaired) electrons. The van der Waals surface area contributed by atoms with E-state index in [1.54, 1.807) is 37.5 Å². The molecule has 0 aliphatic rings. The van der Waals surface area contributed by atoms with Crippen LogP contribution in [0.25, 0.3) is 5.82 Å². The van der Waals surface area contributed by atoms with E-state index in [4.69, 9.17) is 11.6 Å². The summed E-state index contributed by atoms with van der Waals surface area (Å²) in [6.07, 6.45) is 4.56. The number of nitrogens with one attached hydrogen (secondary N) is 1. The highest BCUT2D eigenvalue weighted by Crippen LogP contribution is 2.24. The minimum Gasteiger partial charge on any atom is -0.263 e. The number of sulfonamides is 1. The molecule has 0 amide bonds. The predicted octanol–water partition coefficient (Wildman–Crippen LogP) is 2.42. The molecule has 3 aromatic rings. The maximum atomic E-state index is 12.5. The number of rotatable bonds is 4. The van der Waals surface area contributed by atoms with Crippen molar-refractivity contribution in [3.05, 3.63) is 59.6 Å². The first-order chi connectivity index (χ1) is 11.0. The molecule has 1 aromatic carbocycles. The van der Waals surface area contributed by atoms with Gasteiger partial charge in [0.15, 0.2) is 5.82 Å². The van der Waals surface area contributed by atoms with Crippen molar-refractivity contribution >= 4 is 27.4 Å². The topological polar surface area (TPSA) is 89.8 Å². The summed E-state index contributed by atoms with van der Waals surface area (Å²) in [6, 6.07) is 7.93. The molecule has 0 spiro atoms. The average Bonchev–Trinajstić information content (AvgIpc) is 3.04. The number of anilines is 1. The van der Waals surface area contributed by atoms with Crippen LogP contribution in [-0.2, 0) is 10.0 Å². The van der Waals surface area contributed by atoms with Crippen molar-refractivity contribution in [1.29, 1.82) is 0 Å². The van der Waals surface area contributed by atoms with Crippen LogP contribution in [0.4, 0.5) is 5.82 Å². The van der Waals surface area contributed by atoms with E-state index in [0.717, 1.165) is 0 Å². The minimum atomic E-state index is -3.81. The first-order valence-corrected chi connectivity index (χ1v) is 8.43. The van der Waals surface area contributed by atoms with Gasteiger partial charge in [-0.1, -0.05) is 17.7 Å². The third kappa shape index (κ3) is 3.17. The number of nitrogens with zero attached hydrogens (tertiary/aromatic N) is 4. The largest absolute Gasteiger partial charge is 0.263 e. The average molecular weight is 350 g/mol. The van der Waals surface area contributed by atoms with E-state index < -0.39 is 10.0 Å². The number of hydrogen-bond donors (Lipinski definition) is 1. The third-order valence-electron chi connectivity index (χ3n) is 3.14. The molecule has 2 aromatic heterocycles. The molecule has 3 rings (SSSR count). The van der Waals surface area contributed by atoms with Gasteiger partial charge in [-0.3, -0.25) is 4.72 Å². The maximum absolute atomic E-state index is 12.5. The van der Waals surface area contributed by atoms with Gasteiger partial charge in [0.2, 0.25) is 0 Å². The van der Waals surface area contributed by atoms with Gasteiger partial charge in [0.25, 0.3) is 10.0 Å². The predicted molar refractivity (Wildman–Crippen MR) is 86.2 cm³/mol. The molecule has 7 nitrogen and oxygen atoms in total. The van der Waals surface area contributed by atoms with Crippen LogP contribution < -0.4 is 4.72 Å². The number of hydrogen-bond acceptors (Lipinski definition) is 5. The van der Waals surface area contributed by atoms with Gasteiger partial charge in [-0.2, -0.15) is 5.10 Å². The second-order valence-corrected chi connectivity index (χ2v) is 6.74. The fourth-order valence-corrected chi connectivity index (χ4v) is 3.50. The molecule has 0 saturated heterocycles. The first kappa shape index (κ1) is 15.4. The SMILES string of the molecule is Cc1c(Cl)cccc1S(=O)(=O)Nc1cc(-n2cccn2)ncn1. The smallest absolute Gasteiger partial charge is 0.263 e. The van der Waals surface area contributed by atoms with Crippen molar-refractivity contribution in [2.45, 2.75) is 11.8 Å². The zero-order valence-electron chi connectivity index (χ0n) is 12.0. The molecule has 0 fully saturated rings. The van der Waals surface area contributed by atoms with Crippen molar-refractivity contribution in [3.8, 4) is 5.82 Å². The Morgan fingerprint density at radius 2 is 2.04 bits per heavy atom. The van der Waals surface area contributed by atoms with Gasteiger partial charge in [-0.15, -0.1) is 0 Å². The molecule has 0 saturated carbocycles. The fourth-order valence-electron chi connectivity index (χ4n) is 2.00. The van der Waals surface area contributed by atoms with E-state index in [1.807, 2.05) is 0 Å². The summed E-state index contributed by atoms with van der Waals surface area (Å²) in [7, 11) is -3.81. The molecule has 118 valence electrons. The highest BCUT2D eigenvalue weighted by Gasteiger charge is 2.19. The second kappa shape index (κ2) is 5.98. The van der Waals surface area contributed by atoms with Gasteiger partial charge >= 0.3 is 0 Å². The normalized spacial score (nSPS) is 11.4. The van der Waals surface area contributed by atoms with Crippen LogP contribution in [-0.4, -0.2) is 28.2 Å². The molecule has 0 atom stereocenters. The van der Waals surface area contributed by atoms with Crippen molar-refractivity contribution in [2.75, 3.05) is 4.72 Å². The summed E-state index contributed by atoms with van der Waals surface area (Å²) in [5.41, 5.74) is 0.475. The zero-order chi connectivity index (χ0) is 16.4. The number of halogens is 1. The van der Waals surface area contributed by atoms with Crippen LogP contribution in [0.3, 0.4) is 0 Å². The molecule has 0 aliphatic carbocycles. The van der Waals surface area contributed by atoms with Gasteiger partial charge in [0.05, 0.1) is 4.90 Å². The molecular formula is C14H12ClN5O2S. The Balaban J connectivity index is 1.95. The van der Waals surface area contributed by atoms with Crippen LogP contribution in [0.1, 0.15) is 5.56 Å². The quantitative estimate of drug-likeness (QED) is 0.781. The number of aromatic nitrogens is 4. The summed E-state index contributed by atoms with van der Waals surface area (Å²) < 4.78 is 29.0. The van der Waals surface area contributed by atoms with Crippen molar-refractivity contribution in [1.82, 2.24) is 19.7 Å².